The van der Waals surface area contributed by atoms with E-state index >= 15 is 0 Å². The largest absolute Gasteiger partial charge is 0.301 e. The average Bonchev–Trinajstić information content (AvgIpc) is 2.92. The minimum absolute atomic E-state index is 0.105. The Hall–Kier alpha value is -1.73. The number of hydrogen-bond donors (Lipinski definition) is 0. The van der Waals surface area contributed by atoms with Crippen molar-refractivity contribution >= 4 is 31.7 Å². The number of imidazole rings is 1. The number of aryl methyl sites for hydroxylation is 1. The molecule has 0 saturated heterocycles. The summed E-state index contributed by atoms with van der Waals surface area (Å²) in [6.45, 7) is 2.31. The molecule has 5 nitrogen and oxygen atoms in total. The zero-order chi connectivity index (χ0) is 14.3. The van der Waals surface area contributed by atoms with Crippen LogP contribution in [-0.2, 0) is 16.4 Å². The minimum atomic E-state index is -3.37. The molecule has 2 aromatic heterocycles. The molecule has 0 aliphatic heterocycles. The molecule has 1 aromatic carbocycles. The Balaban J connectivity index is 2.21. The summed E-state index contributed by atoms with van der Waals surface area (Å²) in [7, 11) is -3.37. The first-order chi connectivity index (χ1) is 9.47. The summed E-state index contributed by atoms with van der Waals surface area (Å²) in [5.74, 6) is 0. The topological polar surface area (TPSA) is 64.8 Å². The van der Waals surface area contributed by atoms with Crippen LogP contribution in [0.2, 0.25) is 0 Å². The molecular weight excluding hydrogens is 294 g/mol. The maximum absolute atomic E-state index is 11.9. The molecule has 0 saturated carbocycles. The van der Waals surface area contributed by atoms with Crippen molar-refractivity contribution in [2.24, 2.45) is 0 Å². The maximum Gasteiger partial charge on any atom is 0.229 e. The molecule has 0 radical (unpaired) electrons. The fraction of sp³-hybridized carbons (Fsp3) is 0.231. The Labute approximate surface area is 121 Å². The van der Waals surface area contributed by atoms with Crippen molar-refractivity contribution in [3.8, 4) is 0 Å². The Morgan fingerprint density at radius 2 is 1.95 bits per heavy atom. The summed E-state index contributed by atoms with van der Waals surface area (Å²) in [6.07, 6.45) is 1.18. The van der Waals surface area contributed by atoms with Gasteiger partial charge in [-0.25, -0.2) is 13.4 Å². The molecule has 7 heteroatoms. The summed E-state index contributed by atoms with van der Waals surface area (Å²) in [5, 5.41) is 0.105. The molecule has 0 bridgehead atoms. The third kappa shape index (κ3) is 2.23. The number of sulfone groups is 1. The van der Waals surface area contributed by atoms with Crippen LogP contribution in [0.3, 0.4) is 0 Å². The quantitative estimate of drug-likeness (QED) is 0.744. The molecule has 0 unspecified atom stereocenters. The van der Waals surface area contributed by atoms with E-state index in [1.54, 1.807) is 4.57 Å². The molecule has 0 spiro atoms. The van der Waals surface area contributed by atoms with Gasteiger partial charge in [0.1, 0.15) is 10.3 Å². The van der Waals surface area contributed by atoms with Gasteiger partial charge in [0.05, 0.1) is 12.2 Å². The van der Waals surface area contributed by atoms with Gasteiger partial charge >= 0.3 is 0 Å². The van der Waals surface area contributed by atoms with Gasteiger partial charge in [-0.15, -0.1) is 0 Å². The number of rotatable bonds is 3. The zero-order valence-electron chi connectivity index (χ0n) is 11.1. The molecule has 0 N–H and O–H groups in total. The van der Waals surface area contributed by atoms with Crippen molar-refractivity contribution in [2.75, 3.05) is 6.26 Å². The molecular formula is C13H13N3O2S2. The van der Waals surface area contributed by atoms with Gasteiger partial charge in [0, 0.05) is 6.26 Å². The number of aromatic nitrogens is 3. The highest BCUT2D eigenvalue weighted by atomic mass is 32.2. The molecule has 3 aromatic rings. The second kappa shape index (κ2) is 4.68. The molecule has 20 heavy (non-hydrogen) atoms. The van der Waals surface area contributed by atoms with E-state index in [0.717, 1.165) is 16.1 Å². The van der Waals surface area contributed by atoms with Gasteiger partial charge in [0.25, 0.3) is 0 Å². The summed E-state index contributed by atoms with van der Waals surface area (Å²) in [4.78, 5) is 5.06. The molecule has 0 amide bonds. The van der Waals surface area contributed by atoms with Crippen LogP contribution in [0.4, 0.5) is 0 Å². The lowest BCUT2D eigenvalue weighted by Gasteiger charge is -2.06. The standard InChI is InChI=1S/C13H13N3O2S2/c1-9-11-12(19-15-9)16(13(14-11)20(2,17)18)8-10-6-4-3-5-7-10/h3-7H,8H2,1-2H3. The lowest BCUT2D eigenvalue weighted by molar-refractivity contribution is 0.581. The van der Waals surface area contributed by atoms with Crippen molar-refractivity contribution in [3.05, 3.63) is 41.6 Å². The van der Waals surface area contributed by atoms with E-state index in [-0.39, 0.29) is 5.16 Å². The lowest BCUT2D eigenvalue weighted by Crippen LogP contribution is -2.10. The van der Waals surface area contributed by atoms with Gasteiger partial charge < -0.3 is 4.57 Å². The van der Waals surface area contributed by atoms with Crippen molar-refractivity contribution < 1.29 is 8.42 Å². The molecule has 2 heterocycles. The fourth-order valence-electron chi connectivity index (χ4n) is 2.09. The van der Waals surface area contributed by atoms with Crippen LogP contribution in [0.5, 0.6) is 0 Å². The highest BCUT2D eigenvalue weighted by Gasteiger charge is 2.22. The Morgan fingerprint density at radius 1 is 1.25 bits per heavy atom. The van der Waals surface area contributed by atoms with Crippen molar-refractivity contribution in [1.82, 2.24) is 13.9 Å². The van der Waals surface area contributed by atoms with Crippen LogP contribution < -0.4 is 0 Å². The summed E-state index contributed by atoms with van der Waals surface area (Å²) in [5.41, 5.74) is 2.47. The monoisotopic (exact) mass is 307 g/mol. The summed E-state index contributed by atoms with van der Waals surface area (Å²) >= 11 is 1.28. The van der Waals surface area contributed by atoms with Gasteiger partial charge in [-0.05, 0) is 24.0 Å². The third-order valence-electron chi connectivity index (χ3n) is 3.01. The SMILES string of the molecule is Cc1nsc2c1nc(S(C)(=O)=O)n2Cc1ccccc1. The molecule has 0 aliphatic carbocycles. The van der Waals surface area contributed by atoms with Crippen molar-refractivity contribution in [1.29, 1.82) is 0 Å². The third-order valence-corrected chi connectivity index (χ3v) is 4.94. The number of hydrogen-bond acceptors (Lipinski definition) is 5. The number of nitrogens with zero attached hydrogens (tertiary/aromatic N) is 3. The van der Waals surface area contributed by atoms with Crippen LogP contribution in [0.25, 0.3) is 10.3 Å². The molecule has 0 atom stereocenters. The molecule has 3 rings (SSSR count). The fourth-order valence-corrected chi connectivity index (χ4v) is 3.80. The van der Waals surface area contributed by atoms with Gasteiger partial charge in [-0.1, -0.05) is 30.3 Å². The van der Waals surface area contributed by atoms with E-state index < -0.39 is 9.84 Å². The minimum Gasteiger partial charge on any atom is -0.301 e. The highest BCUT2D eigenvalue weighted by Crippen LogP contribution is 2.26. The second-order valence-electron chi connectivity index (χ2n) is 4.66. The Kier molecular flexibility index (Phi) is 3.10. The van der Waals surface area contributed by atoms with Crippen LogP contribution in [0.15, 0.2) is 35.5 Å². The predicted molar refractivity (Wildman–Crippen MR) is 78.8 cm³/mol. The number of benzene rings is 1. The van der Waals surface area contributed by atoms with Crippen LogP contribution in [0.1, 0.15) is 11.3 Å². The normalized spacial score (nSPS) is 12.1. The predicted octanol–water partition coefficient (Wildman–Crippen LogP) is 2.25. The van der Waals surface area contributed by atoms with Gasteiger partial charge in [0.2, 0.25) is 15.0 Å². The van der Waals surface area contributed by atoms with Crippen molar-refractivity contribution in [3.63, 3.8) is 0 Å². The Bertz CT molecular complexity index is 864. The van der Waals surface area contributed by atoms with Crippen molar-refractivity contribution in [2.45, 2.75) is 18.6 Å². The van der Waals surface area contributed by atoms with E-state index in [1.807, 2.05) is 37.3 Å². The Morgan fingerprint density at radius 3 is 2.60 bits per heavy atom. The highest BCUT2D eigenvalue weighted by molar-refractivity contribution is 7.90. The van der Waals surface area contributed by atoms with E-state index in [0.29, 0.717) is 12.1 Å². The zero-order valence-corrected chi connectivity index (χ0v) is 12.7. The number of fused-ring (bicyclic) bond motifs is 1. The second-order valence-corrected chi connectivity index (χ2v) is 7.32. The van der Waals surface area contributed by atoms with Gasteiger partial charge in [-0.3, -0.25) is 0 Å². The van der Waals surface area contributed by atoms with E-state index in [1.165, 1.54) is 17.8 Å². The molecule has 0 aliphatic rings. The summed E-state index contributed by atoms with van der Waals surface area (Å²) < 4.78 is 29.8. The maximum atomic E-state index is 11.9. The molecule has 0 fully saturated rings. The van der Waals surface area contributed by atoms with E-state index in [4.69, 9.17) is 0 Å². The van der Waals surface area contributed by atoms with Gasteiger partial charge in [-0.2, -0.15) is 4.37 Å². The first-order valence-corrected chi connectivity index (χ1v) is 8.70. The van der Waals surface area contributed by atoms with E-state index in [9.17, 15) is 8.42 Å². The first-order valence-electron chi connectivity index (χ1n) is 6.03. The smallest absolute Gasteiger partial charge is 0.229 e. The van der Waals surface area contributed by atoms with E-state index in [2.05, 4.69) is 9.36 Å². The van der Waals surface area contributed by atoms with Crippen LogP contribution >= 0.6 is 11.5 Å². The van der Waals surface area contributed by atoms with Crippen LogP contribution in [-0.4, -0.2) is 28.6 Å². The first kappa shape index (κ1) is 13.3. The summed E-state index contributed by atoms with van der Waals surface area (Å²) in [6, 6.07) is 9.72. The average molecular weight is 307 g/mol. The molecule has 104 valence electrons. The van der Waals surface area contributed by atoms with Gasteiger partial charge in [0.15, 0.2) is 0 Å². The van der Waals surface area contributed by atoms with Crippen LogP contribution in [0, 0.1) is 6.92 Å². The lowest BCUT2D eigenvalue weighted by atomic mass is 10.2.